The van der Waals surface area contributed by atoms with E-state index in [2.05, 4.69) is 159 Å². The lowest BCUT2D eigenvalue weighted by atomic mass is 9.75. The van der Waals surface area contributed by atoms with E-state index < -0.39 is 5.41 Å². The third-order valence-electron chi connectivity index (χ3n) is 10.4. The highest BCUT2D eigenvalue weighted by Gasteiger charge is 2.53. The van der Waals surface area contributed by atoms with Gasteiger partial charge in [0.15, 0.2) is 12.2 Å². The molecule has 0 spiro atoms. The van der Waals surface area contributed by atoms with Gasteiger partial charge in [-0.15, -0.1) is 0 Å². The fourth-order valence-corrected chi connectivity index (χ4v) is 7.57. The van der Waals surface area contributed by atoms with E-state index in [-0.39, 0.29) is 24.3 Å². The predicted molar refractivity (Wildman–Crippen MR) is 217 cm³/mol. The molecular weight excluding hydrogens is 649 g/mol. The molecule has 0 fully saturated rings. The maximum absolute atomic E-state index is 7.27. The van der Waals surface area contributed by atoms with Crippen LogP contribution in [0.1, 0.15) is 68.8 Å². The minimum absolute atomic E-state index is 0.267. The summed E-state index contributed by atoms with van der Waals surface area (Å²) in [5.74, 6) is 1.25. The SMILES string of the molecule is C=Cc1ccc(CC(Cc2ccc(C=C)cc2)(C2=N[C@H](c3ccccc3)[C@H](c3ccccc3)O2)C2=N[C@H](c3ccccc3)[C@H](c3ccccc3)O2)cc1. The zero-order valence-electron chi connectivity index (χ0n) is 29.7. The Balaban J connectivity index is 1.35. The first-order valence-corrected chi connectivity index (χ1v) is 18.3. The van der Waals surface area contributed by atoms with Crippen LogP contribution in [-0.2, 0) is 22.3 Å². The lowest BCUT2D eigenvalue weighted by molar-refractivity contribution is 0.154. The number of hydrogen-bond acceptors (Lipinski definition) is 4. The molecule has 4 nitrogen and oxygen atoms in total. The standard InChI is InChI=1S/C49H42N2O2/c1-3-35-25-29-37(30-26-35)33-49(34-38-31-27-36(4-2)28-32-38,47-50-43(39-17-9-5-10-18-39)45(52-47)41-21-13-7-14-22-41)48-51-44(40-19-11-6-12-20-40)46(53-48)42-23-15-8-16-24-42/h3-32,43-46H,1-2,33-34H2/t43-,44-,45+,46+/m1/s1. The molecule has 0 amide bonds. The minimum atomic E-state index is -0.904. The second-order valence-corrected chi connectivity index (χ2v) is 13.8. The third-order valence-corrected chi connectivity index (χ3v) is 10.4. The van der Waals surface area contributed by atoms with Crippen molar-refractivity contribution in [3.8, 4) is 0 Å². The average molecular weight is 691 g/mol. The molecule has 0 radical (unpaired) electrons. The van der Waals surface area contributed by atoms with Gasteiger partial charge in [-0.2, -0.15) is 0 Å². The Kier molecular flexibility index (Phi) is 9.68. The summed E-state index contributed by atoms with van der Waals surface area (Å²) in [5.41, 5.74) is 7.78. The van der Waals surface area contributed by atoms with E-state index in [4.69, 9.17) is 19.5 Å². The van der Waals surface area contributed by atoms with Crippen molar-refractivity contribution in [1.29, 1.82) is 0 Å². The van der Waals surface area contributed by atoms with E-state index >= 15 is 0 Å². The molecular formula is C49H42N2O2. The molecule has 0 bridgehead atoms. The maximum atomic E-state index is 7.27. The van der Waals surface area contributed by atoms with E-state index in [0.29, 0.717) is 24.6 Å². The Morgan fingerprint density at radius 1 is 0.434 bits per heavy atom. The van der Waals surface area contributed by atoms with Crippen molar-refractivity contribution in [3.05, 3.63) is 228 Å². The number of rotatable bonds is 12. The van der Waals surface area contributed by atoms with Gasteiger partial charge in [-0.3, -0.25) is 0 Å². The fourth-order valence-electron chi connectivity index (χ4n) is 7.57. The maximum Gasteiger partial charge on any atom is 0.201 e. The number of hydrogen-bond donors (Lipinski definition) is 0. The Bertz CT molecular complexity index is 2050. The van der Waals surface area contributed by atoms with Crippen LogP contribution in [0.2, 0.25) is 0 Å². The molecule has 6 aromatic rings. The van der Waals surface area contributed by atoms with Gasteiger partial charge < -0.3 is 9.47 Å². The van der Waals surface area contributed by atoms with E-state index in [0.717, 1.165) is 44.5 Å². The molecule has 6 aromatic carbocycles. The number of benzene rings is 6. The first kappa shape index (κ1) is 33.9. The minimum Gasteiger partial charge on any atom is -0.469 e. The van der Waals surface area contributed by atoms with Crippen LogP contribution in [0.4, 0.5) is 0 Å². The van der Waals surface area contributed by atoms with Crippen molar-refractivity contribution < 1.29 is 9.47 Å². The molecule has 0 aromatic heterocycles. The average Bonchev–Trinajstić information content (AvgIpc) is 3.90. The number of aliphatic imine (C=N–C) groups is 2. The highest BCUT2D eigenvalue weighted by molar-refractivity contribution is 6.07. The Morgan fingerprint density at radius 2 is 0.755 bits per heavy atom. The van der Waals surface area contributed by atoms with Gasteiger partial charge in [0.2, 0.25) is 11.8 Å². The van der Waals surface area contributed by atoms with E-state index in [1.807, 2.05) is 36.4 Å². The molecule has 8 rings (SSSR count). The Morgan fingerprint density at radius 3 is 1.08 bits per heavy atom. The fraction of sp³-hybridized carbons (Fsp3) is 0.143. The summed E-state index contributed by atoms with van der Waals surface area (Å²) < 4.78 is 14.5. The molecule has 2 aliphatic rings. The molecule has 0 saturated heterocycles. The van der Waals surface area contributed by atoms with Crippen molar-refractivity contribution in [3.63, 3.8) is 0 Å². The van der Waals surface area contributed by atoms with Crippen molar-refractivity contribution in [2.45, 2.75) is 37.1 Å². The molecule has 260 valence electrons. The van der Waals surface area contributed by atoms with Gasteiger partial charge >= 0.3 is 0 Å². The zero-order valence-corrected chi connectivity index (χ0v) is 29.7. The van der Waals surface area contributed by atoms with Crippen LogP contribution in [0.5, 0.6) is 0 Å². The van der Waals surface area contributed by atoms with E-state index in [1.54, 1.807) is 0 Å². The predicted octanol–water partition coefficient (Wildman–Crippen LogP) is 11.6. The van der Waals surface area contributed by atoms with Crippen LogP contribution in [0, 0.1) is 5.41 Å². The van der Waals surface area contributed by atoms with Crippen molar-refractivity contribution >= 4 is 23.9 Å². The highest BCUT2D eigenvalue weighted by atomic mass is 16.5. The second kappa shape index (κ2) is 15.1. The number of nitrogens with zero attached hydrogens (tertiary/aromatic N) is 2. The van der Waals surface area contributed by atoms with Gasteiger partial charge in [0, 0.05) is 0 Å². The van der Waals surface area contributed by atoms with Gasteiger partial charge in [-0.1, -0.05) is 195 Å². The van der Waals surface area contributed by atoms with Gasteiger partial charge in [0.05, 0.1) is 0 Å². The molecule has 0 unspecified atom stereocenters. The van der Waals surface area contributed by atoms with Crippen LogP contribution < -0.4 is 0 Å². The first-order chi connectivity index (χ1) is 26.1. The largest absolute Gasteiger partial charge is 0.469 e. The molecule has 0 aliphatic carbocycles. The second-order valence-electron chi connectivity index (χ2n) is 13.8. The normalized spacial score (nSPS) is 19.4. The summed E-state index contributed by atoms with van der Waals surface area (Å²) in [6.07, 6.45) is 4.17. The van der Waals surface area contributed by atoms with Crippen LogP contribution >= 0.6 is 0 Å². The van der Waals surface area contributed by atoms with Crippen molar-refractivity contribution in [2.24, 2.45) is 15.4 Å². The molecule has 53 heavy (non-hydrogen) atoms. The summed E-state index contributed by atoms with van der Waals surface area (Å²) in [6.45, 7) is 7.99. The van der Waals surface area contributed by atoms with E-state index in [9.17, 15) is 0 Å². The number of ether oxygens (including phenoxy) is 2. The van der Waals surface area contributed by atoms with Crippen LogP contribution in [0.15, 0.2) is 193 Å². The topological polar surface area (TPSA) is 43.2 Å². The van der Waals surface area contributed by atoms with Gasteiger partial charge in [0.25, 0.3) is 0 Å². The zero-order chi connectivity index (χ0) is 36.0. The van der Waals surface area contributed by atoms with Gasteiger partial charge in [-0.25, -0.2) is 9.98 Å². The molecule has 0 saturated carbocycles. The smallest absolute Gasteiger partial charge is 0.201 e. The van der Waals surface area contributed by atoms with Gasteiger partial charge in [0.1, 0.15) is 17.5 Å². The lowest BCUT2D eigenvalue weighted by Gasteiger charge is -2.34. The van der Waals surface area contributed by atoms with E-state index in [1.165, 1.54) is 0 Å². The Labute approximate surface area is 312 Å². The summed E-state index contributed by atoms with van der Waals surface area (Å²) in [4.78, 5) is 11.2. The lowest BCUT2D eigenvalue weighted by Crippen LogP contribution is -2.44. The van der Waals surface area contributed by atoms with Crippen molar-refractivity contribution in [2.75, 3.05) is 0 Å². The van der Waals surface area contributed by atoms with Crippen molar-refractivity contribution in [1.82, 2.24) is 0 Å². The Hall–Kier alpha value is -6.26. The quantitative estimate of drug-likeness (QED) is 0.128. The monoisotopic (exact) mass is 690 g/mol. The summed E-state index contributed by atoms with van der Waals surface area (Å²) in [7, 11) is 0. The third kappa shape index (κ3) is 7.01. The molecule has 2 aliphatic heterocycles. The molecule has 2 heterocycles. The van der Waals surface area contributed by atoms with Crippen LogP contribution in [0.3, 0.4) is 0 Å². The van der Waals surface area contributed by atoms with Crippen LogP contribution in [-0.4, -0.2) is 11.8 Å². The van der Waals surface area contributed by atoms with Crippen LogP contribution in [0.25, 0.3) is 12.2 Å². The van der Waals surface area contributed by atoms with Gasteiger partial charge in [-0.05, 0) is 57.3 Å². The molecule has 4 atom stereocenters. The summed E-state index contributed by atoms with van der Waals surface area (Å²) in [5, 5.41) is 0. The summed E-state index contributed by atoms with van der Waals surface area (Å²) >= 11 is 0. The first-order valence-electron chi connectivity index (χ1n) is 18.3. The molecule has 4 heteroatoms. The molecule has 0 N–H and O–H groups in total. The summed E-state index contributed by atoms with van der Waals surface area (Å²) in [6, 6.07) is 58.3. The highest BCUT2D eigenvalue weighted by Crippen LogP contribution is 2.50.